The highest BCUT2D eigenvalue weighted by atomic mass is 16.6. The van der Waals surface area contributed by atoms with Crippen molar-refractivity contribution in [3.63, 3.8) is 0 Å². The van der Waals surface area contributed by atoms with Gasteiger partial charge >= 0.3 is 6.09 Å². The fraction of sp³-hybridized carbons (Fsp3) is 0.214. The maximum Gasteiger partial charge on any atom is 0.410 e. The van der Waals surface area contributed by atoms with E-state index in [1.807, 2.05) is 79.7 Å². The lowest BCUT2D eigenvalue weighted by Gasteiger charge is -2.19. The van der Waals surface area contributed by atoms with E-state index in [0.29, 0.717) is 36.0 Å². The van der Waals surface area contributed by atoms with Gasteiger partial charge in [-0.15, -0.1) is 0 Å². The van der Waals surface area contributed by atoms with Crippen molar-refractivity contribution in [3.05, 3.63) is 83.4 Å². The molecular formula is C28H26N2O5. The molecule has 1 fully saturated rings. The molecule has 35 heavy (non-hydrogen) atoms. The molecule has 2 heterocycles. The van der Waals surface area contributed by atoms with Crippen molar-refractivity contribution >= 4 is 29.3 Å². The number of amides is 2. The molecule has 3 aromatic rings. The lowest BCUT2D eigenvalue weighted by Crippen LogP contribution is -2.34. The maximum absolute atomic E-state index is 12.4. The topological polar surface area (TPSA) is 77.1 Å². The van der Waals surface area contributed by atoms with Crippen molar-refractivity contribution in [2.75, 3.05) is 25.6 Å². The number of rotatable bonds is 7. The van der Waals surface area contributed by atoms with Gasteiger partial charge in [0.25, 0.3) is 5.91 Å². The average Bonchev–Trinajstić information content (AvgIpc) is 3.39. The minimum Gasteiger partial charge on any atom is -0.493 e. The van der Waals surface area contributed by atoms with Crippen LogP contribution in [0.15, 0.2) is 66.7 Å². The lowest BCUT2D eigenvalue weighted by atomic mass is 10.0. The summed E-state index contributed by atoms with van der Waals surface area (Å²) in [7, 11) is 1.59. The Morgan fingerprint density at radius 1 is 1.06 bits per heavy atom. The molecule has 2 amide bonds. The van der Waals surface area contributed by atoms with Gasteiger partial charge in [0.2, 0.25) is 0 Å². The van der Waals surface area contributed by atoms with Gasteiger partial charge in [-0.3, -0.25) is 4.79 Å². The Balaban J connectivity index is 1.31. The summed E-state index contributed by atoms with van der Waals surface area (Å²) in [6, 6.07) is 21.0. The standard InChI is InChI=1S/C28H26N2O5/c1-3-30-20(17-34-28(30)32)14-18-8-11-21(12-9-18)35-25-13-10-19(16-26(25)33-2)15-23-22-6-4-5-7-24(22)29-27(23)31/h4-13,15-16,20H,3,14,17H2,1-2H3,(H,29,31). The Morgan fingerprint density at radius 3 is 2.63 bits per heavy atom. The molecule has 0 aromatic heterocycles. The van der Waals surface area contributed by atoms with Gasteiger partial charge in [-0.2, -0.15) is 0 Å². The van der Waals surface area contributed by atoms with Gasteiger partial charge in [0.05, 0.1) is 13.2 Å². The molecule has 3 aromatic carbocycles. The minimum atomic E-state index is -0.249. The first-order chi connectivity index (χ1) is 17.1. The second-order valence-electron chi connectivity index (χ2n) is 8.43. The predicted octanol–water partition coefficient (Wildman–Crippen LogP) is 5.36. The summed E-state index contributed by atoms with van der Waals surface area (Å²) in [4.78, 5) is 25.9. The van der Waals surface area contributed by atoms with Gasteiger partial charge in [-0.1, -0.05) is 36.4 Å². The quantitative estimate of drug-likeness (QED) is 0.470. The van der Waals surface area contributed by atoms with Gasteiger partial charge in [-0.05, 0) is 60.9 Å². The molecule has 1 atom stereocenters. The molecule has 7 nitrogen and oxygen atoms in total. The van der Waals surface area contributed by atoms with Crippen LogP contribution in [0.2, 0.25) is 0 Å². The molecular weight excluding hydrogens is 444 g/mol. The molecule has 2 aliphatic heterocycles. The van der Waals surface area contributed by atoms with E-state index in [9.17, 15) is 9.59 Å². The van der Waals surface area contributed by atoms with Crippen molar-refractivity contribution < 1.29 is 23.8 Å². The third kappa shape index (κ3) is 4.57. The highest BCUT2D eigenvalue weighted by molar-refractivity contribution is 6.34. The van der Waals surface area contributed by atoms with Gasteiger partial charge in [-0.25, -0.2) is 4.79 Å². The average molecular weight is 471 g/mol. The number of hydrogen-bond donors (Lipinski definition) is 1. The number of carbonyl (C=O) groups excluding carboxylic acids is 2. The van der Waals surface area contributed by atoms with Crippen LogP contribution in [0.25, 0.3) is 11.6 Å². The highest BCUT2D eigenvalue weighted by Gasteiger charge is 2.31. The SMILES string of the molecule is CCN1C(=O)OCC1Cc1ccc(Oc2ccc(C=C3C(=O)Nc4ccccc43)cc2OC)cc1. The molecule has 0 saturated carbocycles. The molecule has 0 bridgehead atoms. The van der Waals surface area contributed by atoms with E-state index in [4.69, 9.17) is 14.2 Å². The van der Waals surface area contributed by atoms with Crippen LogP contribution in [0.4, 0.5) is 10.5 Å². The zero-order valence-electron chi connectivity index (χ0n) is 19.6. The number of methoxy groups -OCH3 is 1. The zero-order chi connectivity index (χ0) is 24.4. The lowest BCUT2D eigenvalue weighted by molar-refractivity contribution is -0.110. The van der Waals surface area contributed by atoms with Crippen LogP contribution >= 0.6 is 0 Å². The van der Waals surface area contributed by atoms with E-state index in [2.05, 4.69) is 5.32 Å². The van der Waals surface area contributed by atoms with Gasteiger partial charge in [0.1, 0.15) is 12.4 Å². The van der Waals surface area contributed by atoms with Crippen LogP contribution < -0.4 is 14.8 Å². The summed E-state index contributed by atoms with van der Waals surface area (Å²) in [5, 5.41) is 2.89. The number of anilines is 1. The summed E-state index contributed by atoms with van der Waals surface area (Å²) in [6.07, 6.45) is 2.32. The number of nitrogens with zero attached hydrogens (tertiary/aromatic N) is 1. The third-order valence-electron chi connectivity index (χ3n) is 6.25. The number of benzene rings is 3. The number of carbonyl (C=O) groups is 2. The van der Waals surface area contributed by atoms with Gasteiger partial charge in [0.15, 0.2) is 11.5 Å². The molecule has 0 aliphatic carbocycles. The largest absolute Gasteiger partial charge is 0.493 e. The number of fused-ring (bicyclic) bond motifs is 1. The summed E-state index contributed by atoms with van der Waals surface area (Å²) in [5.41, 5.74) is 4.24. The van der Waals surface area contributed by atoms with Crippen LogP contribution in [-0.2, 0) is 16.0 Å². The van der Waals surface area contributed by atoms with Crippen molar-refractivity contribution in [1.29, 1.82) is 0 Å². The molecule has 0 radical (unpaired) electrons. The number of nitrogens with one attached hydrogen (secondary N) is 1. The zero-order valence-corrected chi connectivity index (χ0v) is 19.6. The minimum absolute atomic E-state index is 0.0509. The number of hydrogen-bond acceptors (Lipinski definition) is 5. The third-order valence-corrected chi connectivity index (χ3v) is 6.25. The highest BCUT2D eigenvalue weighted by Crippen LogP contribution is 2.36. The summed E-state index contributed by atoms with van der Waals surface area (Å²) < 4.78 is 16.8. The van der Waals surface area contributed by atoms with Crippen LogP contribution in [0.3, 0.4) is 0 Å². The van der Waals surface area contributed by atoms with Crippen molar-refractivity contribution in [2.45, 2.75) is 19.4 Å². The summed E-state index contributed by atoms with van der Waals surface area (Å²) >= 11 is 0. The van der Waals surface area contributed by atoms with Gasteiger partial charge in [0, 0.05) is 23.4 Å². The number of cyclic esters (lactones) is 1. The van der Waals surface area contributed by atoms with E-state index < -0.39 is 0 Å². The Labute approximate surface area is 203 Å². The molecule has 7 heteroatoms. The first-order valence-electron chi connectivity index (χ1n) is 11.6. The van der Waals surface area contributed by atoms with Crippen molar-refractivity contribution in [2.24, 2.45) is 0 Å². The number of likely N-dealkylation sites (N-methyl/N-ethyl adjacent to an activating group) is 1. The molecule has 0 spiro atoms. The fourth-order valence-corrected chi connectivity index (χ4v) is 4.45. The fourth-order valence-electron chi connectivity index (χ4n) is 4.45. The summed E-state index contributed by atoms with van der Waals surface area (Å²) in [5.74, 6) is 1.69. The molecule has 1 unspecified atom stereocenters. The molecule has 2 aliphatic rings. The van der Waals surface area contributed by atoms with E-state index in [0.717, 1.165) is 28.8 Å². The first kappa shape index (κ1) is 22.5. The number of ether oxygens (including phenoxy) is 3. The Hall–Kier alpha value is -4.26. The predicted molar refractivity (Wildman–Crippen MR) is 134 cm³/mol. The molecule has 178 valence electrons. The second-order valence-corrected chi connectivity index (χ2v) is 8.43. The maximum atomic E-state index is 12.4. The Morgan fingerprint density at radius 2 is 1.86 bits per heavy atom. The van der Waals surface area contributed by atoms with Crippen LogP contribution in [0.1, 0.15) is 23.6 Å². The van der Waals surface area contributed by atoms with E-state index in [1.54, 1.807) is 12.0 Å². The van der Waals surface area contributed by atoms with E-state index >= 15 is 0 Å². The van der Waals surface area contributed by atoms with Crippen LogP contribution in [-0.4, -0.2) is 43.2 Å². The van der Waals surface area contributed by atoms with Crippen LogP contribution in [0, 0.1) is 0 Å². The Kier molecular flexibility index (Phi) is 6.14. The first-order valence-corrected chi connectivity index (χ1v) is 11.6. The van der Waals surface area contributed by atoms with Gasteiger partial charge < -0.3 is 24.4 Å². The van der Waals surface area contributed by atoms with Crippen molar-refractivity contribution in [3.8, 4) is 17.2 Å². The second kappa shape index (κ2) is 9.54. The molecule has 5 rings (SSSR count). The molecule has 1 saturated heterocycles. The van der Waals surface area contributed by atoms with Crippen molar-refractivity contribution in [1.82, 2.24) is 4.90 Å². The summed E-state index contributed by atoms with van der Waals surface area (Å²) in [6.45, 7) is 3.00. The monoisotopic (exact) mass is 470 g/mol. The van der Waals surface area contributed by atoms with E-state index in [-0.39, 0.29) is 18.0 Å². The Bertz CT molecular complexity index is 1300. The normalized spacial score (nSPS) is 17.8. The van der Waals surface area contributed by atoms with E-state index in [1.165, 1.54) is 0 Å². The number of para-hydroxylation sites is 1. The molecule has 1 N–H and O–H groups in total. The smallest absolute Gasteiger partial charge is 0.410 e. The van der Waals surface area contributed by atoms with Crippen LogP contribution in [0.5, 0.6) is 17.2 Å².